The highest BCUT2D eigenvalue weighted by Gasteiger charge is 2.48. The summed E-state index contributed by atoms with van der Waals surface area (Å²) in [6, 6.07) is 30.2. The number of amides is 1. The molecule has 1 amide bonds. The number of rotatable bonds is 5. The zero-order chi connectivity index (χ0) is 34.0. The number of benzene rings is 4. The number of para-hydroxylation sites is 2. The molecule has 3 N–H and O–H groups in total. The monoisotopic (exact) mass is 800 g/mol. The molecule has 2 atom stereocenters. The molecule has 6 aromatic rings. The Morgan fingerprint density at radius 2 is 1.59 bits per heavy atom. The number of fused-ring (bicyclic) bond motifs is 1. The summed E-state index contributed by atoms with van der Waals surface area (Å²) < 4.78 is 10.8. The normalized spacial score (nSPS) is 18.3. The summed E-state index contributed by atoms with van der Waals surface area (Å²) in [7, 11) is 0. The van der Waals surface area contributed by atoms with Crippen LogP contribution >= 0.6 is 45.8 Å². The average molecular weight is 801 g/mol. The lowest BCUT2D eigenvalue weighted by molar-refractivity contribution is -0.121. The Bertz CT molecular complexity index is 2300. The van der Waals surface area contributed by atoms with E-state index in [4.69, 9.17) is 38.1 Å². The number of hydrogen-bond acceptors (Lipinski definition) is 6. The molecule has 0 saturated heterocycles. The van der Waals surface area contributed by atoms with Gasteiger partial charge in [-0.3, -0.25) is 4.79 Å². The van der Waals surface area contributed by atoms with Crippen LogP contribution in [0.2, 0.25) is 10.0 Å². The van der Waals surface area contributed by atoms with Gasteiger partial charge in [0.2, 0.25) is 11.8 Å². The van der Waals surface area contributed by atoms with Gasteiger partial charge in [0.1, 0.15) is 11.4 Å². The van der Waals surface area contributed by atoms with Crippen LogP contribution in [-0.4, -0.2) is 30.6 Å². The van der Waals surface area contributed by atoms with Crippen LogP contribution in [0.15, 0.2) is 115 Å². The molecule has 49 heavy (non-hydrogen) atoms. The summed E-state index contributed by atoms with van der Waals surface area (Å²) >= 11 is 15.0. The maximum Gasteiger partial charge on any atom is 0.255 e. The third-order valence-electron chi connectivity index (χ3n) is 8.82. The van der Waals surface area contributed by atoms with Crippen molar-refractivity contribution < 1.29 is 14.6 Å². The van der Waals surface area contributed by atoms with Crippen LogP contribution in [0, 0.1) is 10.5 Å². The van der Waals surface area contributed by atoms with Gasteiger partial charge in [-0.1, -0.05) is 71.7 Å². The molecule has 4 heterocycles. The van der Waals surface area contributed by atoms with Crippen molar-refractivity contribution in [2.75, 3.05) is 0 Å². The highest BCUT2D eigenvalue weighted by atomic mass is 127. The molecule has 0 fully saturated rings. The van der Waals surface area contributed by atoms with Gasteiger partial charge in [-0.2, -0.15) is 10.2 Å². The fourth-order valence-corrected chi connectivity index (χ4v) is 7.64. The van der Waals surface area contributed by atoms with Gasteiger partial charge in [0.25, 0.3) is 5.91 Å². The zero-order valence-electron chi connectivity index (χ0n) is 26.1. The number of nitrogens with one attached hydrogen (secondary N) is 2. The largest absolute Gasteiger partial charge is 0.507 e. The Kier molecular flexibility index (Phi) is 7.69. The molecule has 0 aliphatic carbocycles. The first-order valence-electron chi connectivity index (χ1n) is 15.4. The molecule has 244 valence electrons. The number of hydrogen-bond donors (Lipinski definition) is 3. The van der Waals surface area contributed by atoms with Gasteiger partial charge in [-0.15, -0.1) is 0 Å². The highest BCUT2D eigenvalue weighted by molar-refractivity contribution is 14.1. The number of halogens is 3. The highest BCUT2D eigenvalue weighted by Crippen LogP contribution is 2.50. The average Bonchev–Trinajstić information content (AvgIpc) is 3.68. The number of aromatic nitrogens is 4. The van der Waals surface area contributed by atoms with E-state index in [2.05, 4.69) is 10.6 Å². The van der Waals surface area contributed by atoms with Crippen molar-refractivity contribution in [3.63, 3.8) is 0 Å². The molecule has 2 aliphatic heterocycles. The van der Waals surface area contributed by atoms with E-state index in [9.17, 15) is 9.90 Å². The summed E-state index contributed by atoms with van der Waals surface area (Å²) in [5, 5.41) is 28.2. The topological polar surface area (TPSA) is 106 Å². The third kappa shape index (κ3) is 5.34. The first-order valence-corrected chi connectivity index (χ1v) is 17.2. The number of aryl methyl sites for hydroxylation is 1. The van der Waals surface area contributed by atoms with Gasteiger partial charge in [0.05, 0.1) is 43.4 Å². The number of carbonyl (C=O) groups excluding carboxylic acids is 1. The number of aromatic hydroxyl groups is 1. The fourth-order valence-electron chi connectivity index (χ4n) is 6.51. The minimum atomic E-state index is -1.24. The van der Waals surface area contributed by atoms with Crippen molar-refractivity contribution in [3.05, 3.63) is 151 Å². The van der Waals surface area contributed by atoms with Crippen molar-refractivity contribution in [2.24, 2.45) is 0 Å². The smallest absolute Gasteiger partial charge is 0.255 e. The number of phenols is 1. The van der Waals surface area contributed by atoms with E-state index in [1.807, 2.05) is 125 Å². The quantitative estimate of drug-likeness (QED) is 0.153. The van der Waals surface area contributed by atoms with E-state index < -0.39 is 11.6 Å². The van der Waals surface area contributed by atoms with Crippen LogP contribution < -0.4 is 15.4 Å². The first-order chi connectivity index (χ1) is 23.6. The molecule has 12 heteroatoms. The van der Waals surface area contributed by atoms with Crippen molar-refractivity contribution in [1.29, 1.82) is 0 Å². The van der Waals surface area contributed by atoms with E-state index in [1.54, 1.807) is 23.7 Å². The standard InChI is InChI=1S/C37H27Cl2IN6O3/c1-20-30-31(25-19-45(23-9-5-3-6-10-23)44-33(25)21-13-15-22(38)16-14-21)32-34(48)41-37(2,26-17-29(47)28(40)18-27(26)39)42-35(32)49-36(30)46(43-20)24-11-7-4-8-12-24/h3-19,31,42,47H,1-2H3,(H,41,48). The van der Waals surface area contributed by atoms with Crippen LogP contribution in [0.3, 0.4) is 0 Å². The van der Waals surface area contributed by atoms with Crippen LogP contribution in [0.25, 0.3) is 22.6 Å². The molecule has 2 unspecified atom stereocenters. The molecule has 0 saturated carbocycles. The van der Waals surface area contributed by atoms with Crippen LogP contribution in [0.4, 0.5) is 0 Å². The summed E-state index contributed by atoms with van der Waals surface area (Å²) in [6.07, 6.45) is 1.96. The predicted molar refractivity (Wildman–Crippen MR) is 196 cm³/mol. The Hall–Kier alpha value is -4.78. The number of nitrogens with zero attached hydrogens (tertiary/aromatic N) is 4. The fraction of sp³-hybridized carbons (Fsp3) is 0.108. The van der Waals surface area contributed by atoms with Gasteiger partial charge >= 0.3 is 0 Å². The SMILES string of the molecule is Cc1nn(-c2ccccc2)c2c1C(c1cn(-c3ccccc3)nc1-c1ccc(Cl)cc1)C1=C(NC(C)(c3cc(O)c(I)cc3Cl)NC1=O)O2. The van der Waals surface area contributed by atoms with E-state index >= 15 is 0 Å². The predicted octanol–water partition coefficient (Wildman–Crippen LogP) is 7.98. The minimum Gasteiger partial charge on any atom is -0.507 e. The molecular formula is C37H27Cl2IN6O3. The summed E-state index contributed by atoms with van der Waals surface area (Å²) in [4.78, 5) is 14.6. The van der Waals surface area contributed by atoms with Gasteiger partial charge < -0.3 is 20.5 Å². The molecule has 0 spiro atoms. The van der Waals surface area contributed by atoms with Crippen molar-refractivity contribution >= 4 is 51.7 Å². The van der Waals surface area contributed by atoms with Crippen LogP contribution in [0.5, 0.6) is 11.6 Å². The molecule has 0 bridgehead atoms. The van der Waals surface area contributed by atoms with Crippen molar-refractivity contribution in [1.82, 2.24) is 30.2 Å². The third-order valence-corrected chi connectivity index (χ3v) is 10.3. The molecule has 8 rings (SSSR count). The van der Waals surface area contributed by atoms with E-state index in [0.717, 1.165) is 28.1 Å². The van der Waals surface area contributed by atoms with Crippen LogP contribution in [-0.2, 0) is 10.5 Å². The van der Waals surface area contributed by atoms with Crippen LogP contribution in [0.1, 0.15) is 35.2 Å². The maximum atomic E-state index is 14.6. The minimum absolute atomic E-state index is 0.0421. The lowest BCUT2D eigenvalue weighted by Crippen LogP contribution is -2.60. The molecule has 4 aromatic carbocycles. The summed E-state index contributed by atoms with van der Waals surface area (Å²) in [6.45, 7) is 3.69. The molecule has 0 radical (unpaired) electrons. The van der Waals surface area contributed by atoms with Crippen molar-refractivity contribution in [3.8, 4) is 34.3 Å². The number of phenolic OH excluding ortho intramolecular Hbond substituents is 1. The number of carbonyl (C=O) groups is 1. The Balaban J connectivity index is 1.38. The van der Waals surface area contributed by atoms with Gasteiger partial charge in [-0.05, 0) is 85.0 Å². The Labute approximate surface area is 305 Å². The lowest BCUT2D eigenvalue weighted by Gasteiger charge is -2.42. The molecule has 2 aromatic heterocycles. The number of ether oxygens (including phenoxy) is 1. The van der Waals surface area contributed by atoms with E-state index in [-0.39, 0.29) is 17.5 Å². The molecule has 2 aliphatic rings. The van der Waals surface area contributed by atoms with Gasteiger partial charge in [-0.25, -0.2) is 9.36 Å². The van der Waals surface area contributed by atoms with Crippen molar-refractivity contribution in [2.45, 2.75) is 25.4 Å². The van der Waals surface area contributed by atoms with E-state index in [0.29, 0.717) is 42.0 Å². The van der Waals surface area contributed by atoms with Gasteiger partial charge in [0, 0.05) is 32.9 Å². The second-order valence-electron chi connectivity index (χ2n) is 12.0. The zero-order valence-corrected chi connectivity index (χ0v) is 29.7. The summed E-state index contributed by atoms with van der Waals surface area (Å²) in [5.74, 6) is -0.285. The Morgan fingerprint density at radius 1 is 0.918 bits per heavy atom. The maximum absolute atomic E-state index is 14.6. The van der Waals surface area contributed by atoms with Gasteiger partial charge in [0.15, 0.2) is 0 Å². The van der Waals surface area contributed by atoms with E-state index in [1.165, 1.54) is 0 Å². The Morgan fingerprint density at radius 3 is 2.29 bits per heavy atom. The first kappa shape index (κ1) is 31.5. The molecule has 9 nitrogen and oxygen atoms in total. The lowest BCUT2D eigenvalue weighted by atomic mass is 9.81. The summed E-state index contributed by atoms with van der Waals surface area (Å²) in [5.41, 5.74) is 4.93. The second kappa shape index (κ2) is 12.0. The second-order valence-corrected chi connectivity index (χ2v) is 14.0. The molecular weight excluding hydrogens is 774 g/mol.